The summed E-state index contributed by atoms with van der Waals surface area (Å²) in [4.78, 5) is 22.0. The predicted molar refractivity (Wildman–Crippen MR) is 130 cm³/mol. The zero-order valence-electron chi connectivity index (χ0n) is 20.0. The summed E-state index contributed by atoms with van der Waals surface area (Å²) in [5.41, 5.74) is 8.95. The number of hydrogen-bond donors (Lipinski definition) is 1. The normalized spacial score (nSPS) is 20.0. The van der Waals surface area contributed by atoms with E-state index in [2.05, 4.69) is 11.1 Å². The monoisotopic (exact) mass is 464 g/mol. The van der Waals surface area contributed by atoms with Gasteiger partial charge >= 0.3 is 6.16 Å². The number of anilines is 1. The van der Waals surface area contributed by atoms with Gasteiger partial charge in [0.15, 0.2) is 5.82 Å². The fourth-order valence-corrected chi connectivity index (χ4v) is 5.29. The fraction of sp³-hybridized carbons (Fsp3) is 0.500. The number of para-hydroxylation sites is 1. The molecule has 3 aromatic rings. The van der Waals surface area contributed by atoms with Crippen molar-refractivity contribution in [2.75, 3.05) is 12.3 Å². The van der Waals surface area contributed by atoms with Crippen molar-refractivity contribution in [2.24, 2.45) is 5.92 Å². The van der Waals surface area contributed by atoms with Crippen molar-refractivity contribution < 1.29 is 19.0 Å². The third-order valence-electron chi connectivity index (χ3n) is 6.78. The third kappa shape index (κ3) is 4.22. The molecule has 2 aliphatic carbocycles. The number of pyridine rings is 1. The van der Waals surface area contributed by atoms with Crippen molar-refractivity contribution in [3.63, 3.8) is 0 Å². The lowest BCUT2D eigenvalue weighted by Crippen LogP contribution is -2.35. The molecule has 0 radical (unpaired) electrons. The van der Waals surface area contributed by atoms with Crippen LogP contribution in [0.25, 0.3) is 21.9 Å². The average Bonchev–Trinajstić information content (AvgIpc) is 3.49. The van der Waals surface area contributed by atoms with Crippen molar-refractivity contribution in [3.8, 4) is 0 Å². The lowest BCUT2D eigenvalue weighted by atomic mass is 10.1. The van der Waals surface area contributed by atoms with Crippen molar-refractivity contribution in [2.45, 2.75) is 71.3 Å². The largest absolute Gasteiger partial charge is 0.509 e. The van der Waals surface area contributed by atoms with E-state index in [0.29, 0.717) is 42.8 Å². The van der Waals surface area contributed by atoms with E-state index in [1.807, 2.05) is 49.6 Å². The van der Waals surface area contributed by atoms with Crippen LogP contribution in [0.5, 0.6) is 0 Å². The molecule has 2 aromatic heterocycles. The maximum absolute atomic E-state index is 12.8. The molecule has 5 rings (SSSR count). The molecule has 8 heteroatoms. The molecule has 0 bridgehead atoms. The molecule has 2 N–H and O–H groups in total. The molecule has 34 heavy (non-hydrogen) atoms. The van der Waals surface area contributed by atoms with Crippen LogP contribution in [0.2, 0.25) is 0 Å². The highest BCUT2D eigenvalue weighted by molar-refractivity contribution is 6.06. The number of rotatable bonds is 7. The number of nitrogen functional groups attached to an aromatic ring is 1. The number of carbonyl (C=O) groups is 1. The zero-order valence-corrected chi connectivity index (χ0v) is 20.0. The number of carbonyl (C=O) groups excluding carboxylic acids is 1. The maximum Gasteiger partial charge on any atom is 0.509 e. The van der Waals surface area contributed by atoms with Crippen LogP contribution in [0.3, 0.4) is 0 Å². The molecule has 180 valence electrons. The number of aromatic nitrogens is 3. The van der Waals surface area contributed by atoms with Gasteiger partial charge in [-0.15, -0.1) is 0 Å². The van der Waals surface area contributed by atoms with Gasteiger partial charge in [0, 0.05) is 12.0 Å². The summed E-state index contributed by atoms with van der Waals surface area (Å²) in [7, 11) is 0. The highest BCUT2D eigenvalue weighted by Gasteiger charge is 2.37. The van der Waals surface area contributed by atoms with Gasteiger partial charge in [0.1, 0.15) is 29.7 Å². The van der Waals surface area contributed by atoms with Crippen LogP contribution in [0.4, 0.5) is 10.6 Å². The van der Waals surface area contributed by atoms with E-state index in [0.717, 1.165) is 42.1 Å². The second kappa shape index (κ2) is 8.91. The summed E-state index contributed by atoms with van der Waals surface area (Å²) in [6, 6.07) is 7.82. The Morgan fingerprint density at radius 3 is 2.85 bits per heavy atom. The first-order chi connectivity index (χ1) is 16.4. The minimum Gasteiger partial charge on any atom is -0.426 e. The summed E-state index contributed by atoms with van der Waals surface area (Å²) in [5.74, 6) is 1.64. The lowest BCUT2D eigenvalue weighted by molar-refractivity contribution is -0.0348. The second-order valence-corrected chi connectivity index (χ2v) is 9.74. The Labute approximate surface area is 199 Å². The van der Waals surface area contributed by atoms with Crippen molar-refractivity contribution in [3.05, 3.63) is 41.7 Å². The van der Waals surface area contributed by atoms with E-state index in [1.165, 1.54) is 5.57 Å². The van der Waals surface area contributed by atoms with Gasteiger partial charge in [0.2, 0.25) is 0 Å². The molecule has 0 spiro atoms. The Hall–Kier alpha value is -3.13. The number of nitrogens with zero attached hydrogens (tertiary/aromatic N) is 3. The maximum atomic E-state index is 12.8. The summed E-state index contributed by atoms with van der Waals surface area (Å²) in [6.45, 7) is 6.94. The molecule has 2 atom stereocenters. The first kappa shape index (κ1) is 22.7. The zero-order chi connectivity index (χ0) is 23.9. The Morgan fingerprint density at radius 1 is 1.21 bits per heavy atom. The average molecular weight is 465 g/mol. The Bertz CT molecular complexity index is 1260. The molecular formula is C26H32N4O4. The van der Waals surface area contributed by atoms with Gasteiger partial charge in [-0.2, -0.15) is 0 Å². The Kier molecular flexibility index (Phi) is 5.93. The van der Waals surface area contributed by atoms with Crippen LogP contribution in [0, 0.1) is 5.92 Å². The predicted octanol–water partition coefficient (Wildman–Crippen LogP) is 5.13. The first-order valence-electron chi connectivity index (χ1n) is 12.1. The van der Waals surface area contributed by atoms with Gasteiger partial charge in [-0.3, -0.25) is 0 Å². The van der Waals surface area contributed by atoms with Crippen LogP contribution >= 0.6 is 0 Å². The van der Waals surface area contributed by atoms with Crippen LogP contribution in [0.15, 0.2) is 35.9 Å². The highest BCUT2D eigenvalue weighted by atomic mass is 16.7. The SMILES string of the molecule is CCOCc1nc2c(N)nc3ccccc3c2n1CC(C)(C)OC(=O)OC1CCC2CCC=C21. The molecule has 2 aliphatic rings. The number of ether oxygens (including phenoxy) is 3. The molecule has 0 saturated heterocycles. The van der Waals surface area contributed by atoms with Gasteiger partial charge in [0.25, 0.3) is 0 Å². The van der Waals surface area contributed by atoms with Gasteiger partial charge in [-0.05, 0) is 64.0 Å². The Morgan fingerprint density at radius 2 is 2.03 bits per heavy atom. The van der Waals surface area contributed by atoms with Crippen LogP contribution in [0.1, 0.15) is 52.3 Å². The van der Waals surface area contributed by atoms with E-state index in [-0.39, 0.29) is 6.10 Å². The fourth-order valence-electron chi connectivity index (χ4n) is 5.29. The minimum absolute atomic E-state index is 0.159. The number of fused-ring (bicyclic) bond motifs is 4. The molecule has 1 aromatic carbocycles. The minimum atomic E-state index is -0.854. The molecule has 1 saturated carbocycles. The standard InChI is InChI=1S/C26H32N4O4/c1-4-32-14-21-29-22-23(18-9-5-6-11-19(18)28-24(22)27)30(21)15-26(2,3)34-25(31)33-20-13-12-16-8-7-10-17(16)20/h5-6,9-11,16,20H,4,7-8,12-15H2,1-3H3,(H2,27,28). The van der Waals surface area contributed by atoms with Crippen molar-refractivity contribution in [1.29, 1.82) is 0 Å². The number of allylic oxidation sites excluding steroid dienone is 1. The summed E-state index contributed by atoms with van der Waals surface area (Å²) in [5, 5.41) is 0.936. The smallest absolute Gasteiger partial charge is 0.426 e. The summed E-state index contributed by atoms with van der Waals surface area (Å²) < 4.78 is 19.3. The van der Waals surface area contributed by atoms with Crippen LogP contribution < -0.4 is 5.73 Å². The first-order valence-corrected chi connectivity index (χ1v) is 12.1. The van der Waals surface area contributed by atoms with Gasteiger partial charge < -0.3 is 24.5 Å². The number of hydrogen-bond acceptors (Lipinski definition) is 7. The number of benzene rings is 1. The molecule has 1 fully saturated rings. The number of imidazole rings is 1. The quantitative estimate of drug-likeness (QED) is 0.382. The molecular weight excluding hydrogens is 432 g/mol. The van der Waals surface area contributed by atoms with Crippen LogP contribution in [-0.2, 0) is 27.4 Å². The second-order valence-electron chi connectivity index (χ2n) is 9.74. The van der Waals surface area contributed by atoms with Gasteiger partial charge in [-0.1, -0.05) is 24.3 Å². The van der Waals surface area contributed by atoms with E-state index in [9.17, 15) is 4.79 Å². The van der Waals surface area contributed by atoms with Crippen LogP contribution in [-0.4, -0.2) is 39.0 Å². The van der Waals surface area contributed by atoms with E-state index < -0.39 is 11.8 Å². The molecule has 2 heterocycles. The van der Waals surface area contributed by atoms with E-state index >= 15 is 0 Å². The van der Waals surface area contributed by atoms with E-state index in [4.69, 9.17) is 24.9 Å². The van der Waals surface area contributed by atoms with Crippen molar-refractivity contribution >= 4 is 33.9 Å². The lowest BCUT2D eigenvalue weighted by Gasteiger charge is -2.27. The third-order valence-corrected chi connectivity index (χ3v) is 6.78. The topological polar surface area (TPSA) is 101 Å². The molecule has 0 amide bonds. The van der Waals surface area contributed by atoms with Gasteiger partial charge in [-0.25, -0.2) is 14.8 Å². The van der Waals surface area contributed by atoms with Crippen molar-refractivity contribution in [1.82, 2.24) is 14.5 Å². The summed E-state index contributed by atoms with van der Waals surface area (Å²) in [6.07, 6.45) is 5.62. The van der Waals surface area contributed by atoms with Gasteiger partial charge in [0.05, 0.1) is 17.6 Å². The molecule has 8 nitrogen and oxygen atoms in total. The molecule has 2 unspecified atom stereocenters. The molecule has 0 aliphatic heterocycles. The summed E-state index contributed by atoms with van der Waals surface area (Å²) >= 11 is 0. The number of nitrogens with two attached hydrogens (primary N) is 1. The van der Waals surface area contributed by atoms with E-state index in [1.54, 1.807) is 0 Å². The highest BCUT2D eigenvalue weighted by Crippen LogP contribution is 2.41. The Balaban J connectivity index is 1.43.